The van der Waals surface area contributed by atoms with Gasteiger partial charge in [-0.15, -0.1) is 5.10 Å². The summed E-state index contributed by atoms with van der Waals surface area (Å²) in [7, 11) is 0. The van der Waals surface area contributed by atoms with Crippen molar-refractivity contribution in [1.29, 1.82) is 0 Å². The highest BCUT2D eigenvalue weighted by atomic mass is 16.2. The number of hydrogen-bond acceptors (Lipinski definition) is 3. The van der Waals surface area contributed by atoms with Crippen molar-refractivity contribution in [3.05, 3.63) is 34.9 Å². The number of nitrogens with zero attached hydrogens (tertiary/aromatic N) is 3. The first-order valence-electron chi connectivity index (χ1n) is 6.53. The summed E-state index contributed by atoms with van der Waals surface area (Å²) in [5, 5.41) is 6.89. The van der Waals surface area contributed by atoms with Gasteiger partial charge in [0.1, 0.15) is 6.54 Å². The van der Waals surface area contributed by atoms with E-state index in [-0.39, 0.29) is 18.1 Å². The number of pyridine rings is 1. The molecule has 0 radical (unpaired) electrons. The summed E-state index contributed by atoms with van der Waals surface area (Å²) in [5.74, 6) is -0.179. The van der Waals surface area contributed by atoms with Gasteiger partial charge in [0.15, 0.2) is 5.65 Å². The third kappa shape index (κ3) is 3.21. The van der Waals surface area contributed by atoms with Crippen LogP contribution >= 0.6 is 0 Å². The van der Waals surface area contributed by atoms with Crippen LogP contribution in [0.2, 0.25) is 0 Å². The Balaban J connectivity index is 1.99. The normalized spacial score (nSPS) is 10.8. The Labute approximate surface area is 111 Å². The van der Waals surface area contributed by atoms with Crippen LogP contribution in [-0.2, 0) is 11.3 Å². The molecule has 0 atom stereocenters. The molecule has 0 fully saturated rings. The molecule has 2 rings (SSSR count). The van der Waals surface area contributed by atoms with Crippen LogP contribution < -0.4 is 11.0 Å². The summed E-state index contributed by atoms with van der Waals surface area (Å²) in [5.41, 5.74) is 0.255. The van der Waals surface area contributed by atoms with Gasteiger partial charge in [0, 0.05) is 12.7 Å². The van der Waals surface area contributed by atoms with E-state index in [4.69, 9.17) is 0 Å². The summed E-state index contributed by atoms with van der Waals surface area (Å²) in [4.78, 5) is 23.6. The zero-order chi connectivity index (χ0) is 13.7. The Bertz CT molecular complexity index is 614. The first-order chi connectivity index (χ1) is 9.22. The van der Waals surface area contributed by atoms with Gasteiger partial charge in [-0.1, -0.05) is 25.8 Å². The van der Waals surface area contributed by atoms with Crippen LogP contribution in [0.15, 0.2) is 29.2 Å². The van der Waals surface area contributed by atoms with Crippen molar-refractivity contribution in [3.63, 3.8) is 0 Å². The number of amides is 1. The molecule has 2 heterocycles. The van der Waals surface area contributed by atoms with E-state index >= 15 is 0 Å². The van der Waals surface area contributed by atoms with Gasteiger partial charge in [0.25, 0.3) is 0 Å². The maximum absolute atomic E-state index is 11.9. The molecule has 0 aliphatic heterocycles. The standard InChI is InChI=1S/C13H18N4O2/c1-2-3-5-8-14-12(18)10-17-13(19)16-9-6-4-7-11(16)15-17/h4,6-7,9H,2-3,5,8,10H2,1H3,(H,14,18). The minimum Gasteiger partial charge on any atom is -0.354 e. The van der Waals surface area contributed by atoms with E-state index in [0.717, 1.165) is 19.3 Å². The lowest BCUT2D eigenvalue weighted by atomic mass is 10.2. The van der Waals surface area contributed by atoms with Gasteiger partial charge < -0.3 is 5.32 Å². The van der Waals surface area contributed by atoms with E-state index < -0.39 is 0 Å². The molecule has 2 aromatic heterocycles. The Morgan fingerprint density at radius 1 is 1.37 bits per heavy atom. The number of fused-ring (bicyclic) bond motifs is 1. The van der Waals surface area contributed by atoms with Crippen molar-refractivity contribution in [2.45, 2.75) is 32.7 Å². The van der Waals surface area contributed by atoms with Gasteiger partial charge in [0.2, 0.25) is 5.91 Å². The van der Waals surface area contributed by atoms with E-state index in [1.54, 1.807) is 24.4 Å². The Hall–Kier alpha value is -2.11. The molecule has 6 heteroatoms. The first-order valence-corrected chi connectivity index (χ1v) is 6.53. The maximum Gasteiger partial charge on any atom is 0.350 e. The summed E-state index contributed by atoms with van der Waals surface area (Å²) < 4.78 is 2.61. The number of unbranched alkanes of at least 4 members (excludes halogenated alkanes) is 2. The average Bonchev–Trinajstić information content (AvgIpc) is 2.72. The predicted octanol–water partition coefficient (Wildman–Crippen LogP) is 0.802. The second kappa shape index (κ2) is 6.17. The van der Waals surface area contributed by atoms with E-state index in [9.17, 15) is 9.59 Å². The van der Waals surface area contributed by atoms with Crippen molar-refractivity contribution in [3.8, 4) is 0 Å². The number of carbonyl (C=O) groups is 1. The highest BCUT2D eigenvalue weighted by Crippen LogP contribution is 1.95. The van der Waals surface area contributed by atoms with Crippen molar-refractivity contribution in [2.75, 3.05) is 6.54 Å². The minimum absolute atomic E-state index is 0.0351. The molecular weight excluding hydrogens is 244 g/mol. The van der Waals surface area contributed by atoms with Crippen molar-refractivity contribution in [2.24, 2.45) is 0 Å². The molecule has 0 bridgehead atoms. The minimum atomic E-state index is -0.292. The number of hydrogen-bond donors (Lipinski definition) is 1. The molecular formula is C13H18N4O2. The van der Waals surface area contributed by atoms with Gasteiger partial charge in [-0.05, 0) is 18.6 Å². The second-order valence-electron chi connectivity index (χ2n) is 4.43. The monoisotopic (exact) mass is 262 g/mol. The molecule has 0 aromatic carbocycles. The predicted molar refractivity (Wildman–Crippen MR) is 72.0 cm³/mol. The fraction of sp³-hybridized carbons (Fsp3) is 0.462. The molecule has 0 saturated carbocycles. The number of carbonyl (C=O) groups excluding carboxylic acids is 1. The van der Waals surface area contributed by atoms with Crippen LogP contribution in [0.25, 0.3) is 5.65 Å². The lowest BCUT2D eigenvalue weighted by Gasteiger charge is -2.03. The highest BCUT2D eigenvalue weighted by Gasteiger charge is 2.09. The summed E-state index contributed by atoms with van der Waals surface area (Å²) in [6, 6.07) is 5.29. The zero-order valence-electron chi connectivity index (χ0n) is 11.0. The molecule has 102 valence electrons. The fourth-order valence-electron chi connectivity index (χ4n) is 1.87. The summed E-state index contributed by atoms with van der Waals surface area (Å²) >= 11 is 0. The Morgan fingerprint density at radius 3 is 2.95 bits per heavy atom. The zero-order valence-corrected chi connectivity index (χ0v) is 11.0. The molecule has 0 spiro atoms. The topological polar surface area (TPSA) is 68.4 Å². The third-order valence-corrected chi connectivity index (χ3v) is 2.88. The molecule has 6 nitrogen and oxygen atoms in total. The molecule has 1 amide bonds. The smallest absolute Gasteiger partial charge is 0.350 e. The SMILES string of the molecule is CCCCCNC(=O)Cn1nc2ccccn2c1=O. The lowest BCUT2D eigenvalue weighted by molar-refractivity contribution is -0.121. The second-order valence-corrected chi connectivity index (χ2v) is 4.43. The number of nitrogens with one attached hydrogen (secondary N) is 1. The number of aromatic nitrogens is 3. The van der Waals surface area contributed by atoms with Gasteiger partial charge >= 0.3 is 5.69 Å². The third-order valence-electron chi connectivity index (χ3n) is 2.88. The van der Waals surface area contributed by atoms with Crippen LogP contribution in [0.5, 0.6) is 0 Å². The summed E-state index contributed by atoms with van der Waals surface area (Å²) in [6.07, 6.45) is 4.80. The first kappa shape index (κ1) is 13.3. The molecule has 2 aromatic rings. The van der Waals surface area contributed by atoms with Crippen LogP contribution in [0.4, 0.5) is 0 Å². The van der Waals surface area contributed by atoms with Gasteiger partial charge in [-0.3, -0.25) is 9.20 Å². The quantitative estimate of drug-likeness (QED) is 0.783. The Kier molecular flexibility index (Phi) is 4.33. The van der Waals surface area contributed by atoms with Gasteiger partial charge in [-0.25, -0.2) is 9.48 Å². The van der Waals surface area contributed by atoms with Crippen molar-refractivity contribution < 1.29 is 4.79 Å². The van der Waals surface area contributed by atoms with E-state index in [0.29, 0.717) is 12.2 Å². The largest absolute Gasteiger partial charge is 0.354 e. The van der Waals surface area contributed by atoms with E-state index in [1.807, 2.05) is 0 Å². The molecule has 19 heavy (non-hydrogen) atoms. The highest BCUT2D eigenvalue weighted by molar-refractivity contribution is 5.75. The van der Waals surface area contributed by atoms with Crippen LogP contribution in [0.1, 0.15) is 26.2 Å². The van der Waals surface area contributed by atoms with Gasteiger partial charge in [-0.2, -0.15) is 0 Å². The molecule has 0 aliphatic rings. The van der Waals surface area contributed by atoms with Gasteiger partial charge in [0.05, 0.1) is 0 Å². The molecule has 0 unspecified atom stereocenters. The van der Waals surface area contributed by atoms with E-state index in [2.05, 4.69) is 17.3 Å². The average molecular weight is 262 g/mol. The summed E-state index contributed by atoms with van der Waals surface area (Å²) in [6.45, 7) is 2.72. The van der Waals surface area contributed by atoms with Crippen LogP contribution in [0, 0.1) is 0 Å². The Morgan fingerprint density at radius 2 is 2.21 bits per heavy atom. The fourth-order valence-corrected chi connectivity index (χ4v) is 1.87. The van der Waals surface area contributed by atoms with Crippen LogP contribution in [0.3, 0.4) is 0 Å². The maximum atomic E-state index is 11.9. The molecule has 1 N–H and O–H groups in total. The van der Waals surface area contributed by atoms with Crippen molar-refractivity contribution >= 4 is 11.6 Å². The van der Waals surface area contributed by atoms with Crippen LogP contribution in [-0.4, -0.2) is 26.6 Å². The van der Waals surface area contributed by atoms with E-state index in [1.165, 1.54) is 9.08 Å². The number of rotatable bonds is 6. The molecule has 0 aliphatic carbocycles. The molecule has 0 saturated heterocycles. The van der Waals surface area contributed by atoms with Crippen molar-refractivity contribution in [1.82, 2.24) is 19.5 Å². The lowest BCUT2D eigenvalue weighted by Crippen LogP contribution is -2.33.